The first-order chi connectivity index (χ1) is 19.8. The van der Waals surface area contributed by atoms with Crippen molar-refractivity contribution in [2.75, 3.05) is 11.9 Å². The molecule has 6 rings (SSSR count). The Labute approximate surface area is 243 Å². The quantitative estimate of drug-likeness (QED) is 0.172. The smallest absolute Gasteiger partial charge is 0.339 e. The molecule has 1 heterocycles. The molecular weight excluding hydrogens is 550 g/mol. The third kappa shape index (κ3) is 5.09. The minimum Gasteiger partial charge on any atom is -0.505 e. The van der Waals surface area contributed by atoms with Gasteiger partial charge in [-0.05, 0) is 67.9 Å². The number of phenols is 1. The van der Waals surface area contributed by atoms with Gasteiger partial charge in [-0.15, -0.1) is 0 Å². The summed E-state index contributed by atoms with van der Waals surface area (Å²) >= 11 is 0. The van der Waals surface area contributed by atoms with Crippen molar-refractivity contribution in [3.8, 4) is 11.5 Å². The molecule has 5 fully saturated rings. The van der Waals surface area contributed by atoms with Gasteiger partial charge in [0.2, 0.25) is 12.2 Å². The molecular formula is C30H39NO11. The summed E-state index contributed by atoms with van der Waals surface area (Å²) in [5, 5.41) is 62.8. The number of fused-ring (bicyclic) bond motifs is 2. The number of aromatic hydroxyl groups is 1. The molecule has 0 radical (unpaired) electrons. The van der Waals surface area contributed by atoms with Crippen LogP contribution in [0.25, 0.3) is 0 Å². The van der Waals surface area contributed by atoms with Crippen LogP contribution in [0, 0.1) is 22.7 Å². The Bertz CT molecular complexity index is 1280. The van der Waals surface area contributed by atoms with Crippen LogP contribution in [0.5, 0.6) is 11.5 Å². The van der Waals surface area contributed by atoms with Crippen molar-refractivity contribution in [1.82, 2.24) is 0 Å². The monoisotopic (exact) mass is 589 g/mol. The molecule has 1 aliphatic heterocycles. The number of carboxylic acid groups (broad SMARTS) is 1. The Morgan fingerprint density at radius 1 is 1.17 bits per heavy atom. The first-order valence-electron chi connectivity index (χ1n) is 14.4. The van der Waals surface area contributed by atoms with Gasteiger partial charge in [-0.25, -0.2) is 4.79 Å². The summed E-state index contributed by atoms with van der Waals surface area (Å²) < 4.78 is 11.0. The van der Waals surface area contributed by atoms with Gasteiger partial charge in [0.15, 0.2) is 5.75 Å². The number of aliphatic hydroxyl groups excluding tert-OH is 4. The van der Waals surface area contributed by atoms with Gasteiger partial charge in [-0.1, -0.05) is 19.1 Å². The fraction of sp³-hybridized carbons (Fsp3) is 0.633. The number of carbonyl (C=O) groups excluding carboxylic acids is 2. The molecule has 7 N–H and O–H groups in total. The molecule has 1 amide bonds. The van der Waals surface area contributed by atoms with Gasteiger partial charge in [-0.2, -0.15) is 0 Å². The molecule has 0 unspecified atom stereocenters. The number of rotatable bonds is 8. The van der Waals surface area contributed by atoms with Gasteiger partial charge in [0.1, 0.15) is 47.2 Å². The van der Waals surface area contributed by atoms with Crippen LogP contribution in [0.4, 0.5) is 5.69 Å². The topological polar surface area (TPSA) is 203 Å². The third-order valence-corrected chi connectivity index (χ3v) is 10.3. The van der Waals surface area contributed by atoms with E-state index >= 15 is 0 Å². The van der Waals surface area contributed by atoms with E-state index in [9.17, 15) is 45.0 Å². The molecule has 9 atom stereocenters. The van der Waals surface area contributed by atoms with Crippen LogP contribution in [0.3, 0.4) is 0 Å². The van der Waals surface area contributed by atoms with Gasteiger partial charge in [0.05, 0.1) is 6.61 Å². The van der Waals surface area contributed by atoms with Crippen LogP contribution in [-0.4, -0.2) is 85.6 Å². The highest BCUT2D eigenvalue weighted by atomic mass is 16.7. The van der Waals surface area contributed by atoms with Gasteiger partial charge in [0, 0.05) is 18.3 Å². The third-order valence-electron chi connectivity index (χ3n) is 10.3. The Morgan fingerprint density at radius 2 is 1.90 bits per heavy atom. The lowest BCUT2D eigenvalue weighted by Crippen LogP contribution is -2.60. The van der Waals surface area contributed by atoms with E-state index < -0.39 is 71.6 Å². The second-order valence-corrected chi connectivity index (χ2v) is 12.6. The minimum absolute atomic E-state index is 0.0193. The maximum Gasteiger partial charge on any atom is 0.339 e. The van der Waals surface area contributed by atoms with E-state index in [0.29, 0.717) is 12.3 Å². The average Bonchev–Trinajstić information content (AvgIpc) is 2.96. The van der Waals surface area contributed by atoms with Crippen LogP contribution in [0.2, 0.25) is 0 Å². The molecule has 4 saturated carbocycles. The van der Waals surface area contributed by atoms with E-state index in [-0.39, 0.29) is 35.7 Å². The second kappa shape index (κ2) is 11.2. The average molecular weight is 590 g/mol. The molecule has 12 heteroatoms. The number of Topliss-reactive ketones (excluding diaryl/α,β-unsaturated/α-hetero) is 1. The fourth-order valence-corrected chi connectivity index (χ4v) is 7.78. The van der Waals surface area contributed by atoms with Crippen molar-refractivity contribution in [2.45, 2.75) is 89.0 Å². The van der Waals surface area contributed by atoms with E-state index in [1.165, 1.54) is 5.57 Å². The summed E-state index contributed by atoms with van der Waals surface area (Å²) in [5.74, 6) is -2.50. The minimum atomic E-state index is -1.78. The summed E-state index contributed by atoms with van der Waals surface area (Å²) in [7, 11) is 0. The molecule has 12 nitrogen and oxygen atoms in total. The zero-order valence-electron chi connectivity index (χ0n) is 23.5. The number of aromatic carboxylic acids is 1. The molecule has 0 aromatic heterocycles. The van der Waals surface area contributed by atoms with E-state index in [1.54, 1.807) is 0 Å². The number of aliphatic hydroxyl groups is 4. The first kappa shape index (κ1) is 30.4. The van der Waals surface area contributed by atoms with E-state index in [0.717, 1.165) is 44.2 Å². The molecule has 1 aromatic carbocycles. The van der Waals surface area contributed by atoms with E-state index in [4.69, 9.17) is 9.47 Å². The maximum absolute atomic E-state index is 13.3. The number of ether oxygens (including phenoxy) is 2. The largest absolute Gasteiger partial charge is 0.505 e. The Kier molecular flexibility index (Phi) is 8.14. The molecule has 1 aromatic rings. The number of allylic oxidation sites excluding steroid dienone is 1. The van der Waals surface area contributed by atoms with Gasteiger partial charge in [0.25, 0.3) is 0 Å². The molecule has 4 aliphatic carbocycles. The van der Waals surface area contributed by atoms with Crippen molar-refractivity contribution >= 4 is 23.3 Å². The highest BCUT2D eigenvalue weighted by molar-refractivity contribution is 6.00. The molecule has 5 aliphatic rings. The normalized spacial score (nSPS) is 37.7. The zero-order valence-corrected chi connectivity index (χ0v) is 23.5. The Hall–Kier alpha value is -3.03. The maximum atomic E-state index is 13.3. The zero-order chi connectivity index (χ0) is 30.6. The molecule has 42 heavy (non-hydrogen) atoms. The number of amides is 1. The summed E-state index contributed by atoms with van der Waals surface area (Å²) in [6.45, 7) is 5.52. The van der Waals surface area contributed by atoms with Gasteiger partial charge in [-0.3, -0.25) is 9.59 Å². The number of hydrogen-bond donors (Lipinski definition) is 7. The number of benzene rings is 1. The van der Waals surface area contributed by atoms with Crippen molar-refractivity contribution in [2.24, 2.45) is 22.7 Å². The number of carbonyl (C=O) groups is 3. The SMILES string of the molecule is C=C1C[C@@]23CCC(=O)[C@@](C)(CCC(=O)Nc4c(O[C@@H]5O[C@H](CO)[C@@H](O)[C@H](O)[C@H]5O)ccc(C(=O)O)c4O)[C@@H]2C[C@@H]1CC3. The molecule has 1 saturated heterocycles. The predicted molar refractivity (Wildman–Crippen MR) is 147 cm³/mol. The highest BCUT2D eigenvalue weighted by Gasteiger charge is 2.60. The Morgan fingerprint density at radius 3 is 2.57 bits per heavy atom. The summed E-state index contributed by atoms with van der Waals surface area (Å²) in [5.41, 5.74) is -0.364. The van der Waals surface area contributed by atoms with Gasteiger partial charge < -0.3 is 45.4 Å². The van der Waals surface area contributed by atoms with Crippen molar-refractivity contribution in [3.63, 3.8) is 0 Å². The van der Waals surface area contributed by atoms with Crippen molar-refractivity contribution in [3.05, 3.63) is 29.8 Å². The van der Waals surface area contributed by atoms with E-state index in [2.05, 4.69) is 11.9 Å². The Balaban J connectivity index is 1.35. The molecule has 230 valence electrons. The van der Waals surface area contributed by atoms with Crippen molar-refractivity contribution < 1.29 is 54.5 Å². The fourth-order valence-electron chi connectivity index (χ4n) is 7.78. The lowest BCUT2D eigenvalue weighted by molar-refractivity contribution is -0.277. The standard InChI is InChI=1S/C30H39NO11/c1-14-12-30-9-5-15(14)11-19(30)29(2,20(33)6-10-30)8-7-21(34)31-22-17(4-3-16(23(22)35)27(39)40)41-28-26(38)25(37)24(36)18(13-32)42-28/h3-4,15,18-19,24-26,28,32,35-38H,1,5-13H2,2H3,(H,31,34)(H,39,40)/t15-,18+,19-,24+,25-,26+,28+,29-,30+/m0/s1. The number of nitrogens with one attached hydrogen (secondary N) is 1. The lowest BCUT2D eigenvalue weighted by Gasteiger charge is -2.61. The van der Waals surface area contributed by atoms with Crippen molar-refractivity contribution in [1.29, 1.82) is 0 Å². The van der Waals surface area contributed by atoms with Crippen LogP contribution in [0.15, 0.2) is 24.3 Å². The van der Waals surface area contributed by atoms with Gasteiger partial charge >= 0.3 is 5.97 Å². The van der Waals surface area contributed by atoms with E-state index in [1.807, 2.05) is 6.92 Å². The number of carboxylic acids is 1. The van der Waals surface area contributed by atoms with Crippen LogP contribution < -0.4 is 10.1 Å². The van der Waals surface area contributed by atoms with Crippen LogP contribution in [-0.2, 0) is 14.3 Å². The highest BCUT2D eigenvalue weighted by Crippen LogP contribution is 2.66. The summed E-state index contributed by atoms with van der Waals surface area (Å²) in [4.78, 5) is 38.3. The first-order valence-corrected chi connectivity index (χ1v) is 14.4. The number of anilines is 1. The lowest BCUT2D eigenvalue weighted by atomic mass is 9.42. The van der Waals surface area contributed by atoms with Crippen LogP contribution in [0.1, 0.15) is 68.6 Å². The summed E-state index contributed by atoms with van der Waals surface area (Å²) in [6, 6.07) is 2.17. The second-order valence-electron chi connectivity index (χ2n) is 12.6. The molecule has 1 spiro atoms. The number of hydrogen-bond acceptors (Lipinski definition) is 10. The molecule has 2 bridgehead atoms. The number of ketones is 1. The van der Waals surface area contributed by atoms with Crippen LogP contribution >= 0.6 is 0 Å². The summed E-state index contributed by atoms with van der Waals surface area (Å²) in [6.07, 6.45) is -2.69. The predicted octanol–water partition coefficient (Wildman–Crippen LogP) is 1.72.